The van der Waals surface area contributed by atoms with Crippen LogP contribution in [-0.4, -0.2) is 34.3 Å². The molecule has 1 aliphatic rings. The zero-order valence-corrected chi connectivity index (χ0v) is 13.9. The van der Waals surface area contributed by atoms with Gasteiger partial charge in [0.2, 0.25) is 5.91 Å². The van der Waals surface area contributed by atoms with E-state index < -0.39 is 0 Å². The van der Waals surface area contributed by atoms with Crippen LogP contribution < -0.4 is 10.6 Å². The lowest BCUT2D eigenvalue weighted by molar-refractivity contribution is -0.126. The molecule has 2 rings (SSSR count). The summed E-state index contributed by atoms with van der Waals surface area (Å²) in [7, 11) is 1.96. The first kappa shape index (κ1) is 16.0. The first-order valence-corrected chi connectivity index (χ1v) is 7.91. The van der Waals surface area contributed by atoms with Crippen molar-refractivity contribution >= 4 is 5.91 Å². The monoisotopic (exact) mass is 292 g/mol. The fourth-order valence-corrected chi connectivity index (χ4v) is 3.20. The van der Waals surface area contributed by atoms with Crippen LogP contribution in [0, 0.1) is 19.8 Å². The van der Waals surface area contributed by atoms with Gasteiger partial charge in [-0.3, -0.25) is 9.48 Å². The molecular formula is C16H28N4O. The number of aryl methyl sites for hydroxylation is 2. The highest BCUT2D eigenvalue weighted by molar-refractivity contribution is 5.79. The summed E-state index contributed by atoms with van der Waals surface area (Å²) in [6.07, 6.45) is 2.72. The molecule has 1 aromatic heterocycles. The zero-order valence-electron chi connectivity index (χ0n) is 13.9. The molecule has 2 N–H and O–H groups in total. The number of aromatic nitrogens is 2. The van der Waals surface area contributed by atoms with Crippen LogP contribution in [0.1, 0.15) is 43.6 Å². The molecule has 2 heterocycles. The second-order valence-corrected chi connectivity index (χ2v) is 6.46. The SMILES string of the molecule is Cc1nn(C)c(C)c1CC(C)NC(=O)[C@H]1CCN[C@@H](C)C1. The van der Waals surface area contributed by atoms with Crippen LogP contribution in [0.25, 0.3) is 0 Å². The molecule has 3 atom stereocenters. The van der Waals surface area contributed by atoms with Crippen molar-refractivity contribution in [2.75, 3.05) is 6.54 Å². The number of hydrogen-bond donors (Lipinski definition) is 2. The van der Waals surface area contributed by atoms with Crippen molar-refractivity contribution in [2.45, 2.75) is 59.0 Å². The number of amides is 1. The Bertz CT molecular complexity index is 509. The molecule has 0 aromatic carbocycles. The van der Waals surface area contributed by atoms with Crippen molar-refractivity contribution in [3.05, 3.63) is 17.0 Å². The number of nitrogens with one attached hydrogen (secondary N) is 2. The summed E-state index contributed by atoms with van der Waals surface area (Å²) in [5, 5.41) is 11.0. The lowest BCUT2D eigenvalue weighted by atomic mass is 9.92. The number of nitrogens with zero attached hydrogens (tertiary/aromatic N) is 2. The van der Waals surface area contributed by atoms with E-state index in [0.717, 1.165) is 31.5 Å². The first-order chi connectivity index (χ1) is 9.88. The minimum atomic E-state index is 0.143. The van der Waals surface area contributed by atoms with Crippen molar-refractivity contribution < 1.29 is 4.79 Å². The molecule has 1 unspecified atom stereocenters. The molecule has 1 aliphatic heterocycles. The van der Waals surface area contributed by atoms with Gasteiger partial charge in [-0.25, -0.2) is 0 Å². The predicted molar refractivity (Wildman–Crippen MR) is 84.2 cm³/mol. The van der Waals surface area contributed by atoms with Crippen molar-refractivity contribution in [2.24, 2.45) is 13.0 Å². The molecule has 1 amide bonds. The third-order valence-corrected chi connectivity index (χ3v) is 4.55. The van der Waals surface area contributed by atoms with Crippen LogP contribution in [0.2, 0.25) is 0 Å². The van der Waals surface area contributed by atoms with Gasteiger partial charge in [-0.2, -0.15) is 5.10 Å². The van der Waals surface area contributed by atoms with Crippen LogP contribution in [0.15, 0.2) is 0 Å². The molecule has 5 heteroatoms. The third-order valence-electron chi connectivity index (χ3n) is 4.55. The zero-order chi connectivity index (χ0) is 15.6. The molecule has 21 heavy (non-hydrogen) atoms. The number of carbonyl (C=O) groups excluding carboxylic acids is 1. The third kappa shape index (κ3) is 3.84. The fourth-order valence-electron chi connectivity index (χ4n) is 3.20. The quantitative estimate of drug-likeness (QED) is 0.883. The van der Waals surface area contributed by atoms with Gasteiger partial charge in [0.25, 0.3) is 0 Å². The minimum Gasteiger partial charge on any atom is -0.353 e. The van der Waals surface area contributed by atoms with Gasteiger partial charge in [-0.1, -0.05) is 0 Å². The van der Waals surface area contributed by atoms with Gasteiger partial charge in [-0.15, -0.1) is 0 Å². The summed E-state index contributed by atoms with van der Waals surface area (Å²) in [5.74, 6) is 0.356. The topological polar surface area (TPSA) is 59.0 Å². The summed E-state index contributed by atoms with van der Waals surface area (Å²) >= 11 is 0. The van der Waals surface area contributed by atoms with E-state index in [4.69, 9.17) is 0 Å². The van der Waals surface area contributed by atoms with Crippen LogP contribution in [0.4, 0.5) is 0 Å². The number of rotatable bonds is 4. The smallest absolute Gasteiger partial charge is 0.223 e. The van der Waals surface area contributed by atoms with Crippen LogP contribution >= 0.6 is 0 Å². The predicted octanol–water partition coefficient (Wildman–Crippen LogP) is 1.47. The molecule has 1 aromatic rings. The molecule has 118 valence electrons. The Morgan fingerprint density at radius 3 is 2.81 bits per heavy atom. The van der Waals surface area contributed by atoms with E-state index >= 15 is 0 Å². The van der Waals surface area contributed by atoms with Gasteiger partial charge in [0.15, 0.2) is 0 Å². The number of carbonyl (C=O) groups is 1. The van der Waals surface area contributed by atoms with Gasteiger partial charge in [0.1, 0.15) is 0 Å². The molecule has 1 fully saturated rings. The molecule has 0 spiro atoms. The van der Waals surface area contributed by atoms with Gasteiger partial charge >= 0.3 is 0 Å². The van der Waals surface area contributed by atoms with Crippen molar-refractivity contribution in [3.8, 4) is 0 Å². The first-order valence-electron chi connectivity index (χ1n) is 7.91. The summed E-state index contributed by atoms with van der Waals surface area (Å²) in [4.78, 5) is 12.4. The molecule has 0 radical (unpaired) electrons. The average molecular weight is 292 g/mol. The average Bonchev–Trinajstić information content (AvgIpc) is 2.65. The minimum absolute atomic E-state index is 0.143. The summed E-state index contributed by atoms with van der Waals surface area (Å²) < 4.78 is 1.91. The second kappa shape index (κ2) is 6.60. The molecule has 1 saturated heterocycles. The Morgan fingerprint density at radius 1 is 1.52 bits per heavy atom. The Hall–Kier alpha value is -1.36. The van der Waals surface area contributed by atoms with Crippen LogP contribution in [0.3, 0.4) is 0 Å². The maximum atomic E-state index is 12.4. The normalized spacial score (nSPS) is 23.9. The van der Waals surface area contributed by atoms with Crippen molar-refractivity contribution in [1.29, 1.82) is 0 Å². The van der Waals surface area contributed by atoms with Gasteiger partial charge in [0.05, 0.1) is 5.69 Å². The molecule has 0 bridgehead atoms. The maximum Gasteiger partial charge on any atom is 0.223 e. The Balaban J connectivity index is 1.92. The second-order valence-electron chi connectivity index (χ2n) is 6.46. The Labute approximate surface area is 127 Å². The summed E-state index contributed by atoms with van der Waals surface area (Å²) in [6.45, 7) is 9.28. The lowest BCUT2D eigenvalue weighted by Crippen LogP contribution is -2.45. The van der Waals surface area contributed by atoms with E-state index in [0.29, 0.717) is 6.04 Å². The Morgan fingerprint density at radius 2 is 2.24 bits per heavy atom. The largest absolute Gasteiger partial charge is 0.353 e. The van der Waals surface area contributed by atoms with E-state index in [1.807, 2.05) is 18.7 Å². The highest BCUT2D eigenvalue weighted by Crippen LogP contribution is 2.18. The fraction of sp³-hybridized carbons (Fsp3) is 0.750. The van der Waals surface area contributed by atoms with E-state index in [1.165, 1.54) is 11.3 Å². The van der Waals surface area contributed by atoms with E-state index in [9.17, 15) is 4.79 Å². The molecule has 5 nitrogen and oxygen atoms in total. The summed E-state index contributed by atoms with van der Waals surface area (Å²) in [5.41, 5.74) is 3.50. The summed E-state index contributed by atoms with van der Waals surface area (Å²) in [6, 6.07) is 0.580. The number of hydrogen-bond acceptors (Lipinski definition) is 3. The maximum absolute atomic E-state index is 12.4. The Kier molecular flexibility index (Phi) is 5.04. The van der Waals surface area contributed by atoms with Gasteiger partial charge in [-0.05, 0) is 59.1 Å². The number of piperidine rings is 1. The van der Waals surface area contributed by atoms with Crippen LogP contribution in [0.5, 0.6) is 0 Å². The van der Waals surface area contributed by atoms with Crippen molar-refractivity contribution in [3.63, 3.8) is 0 Å². The van der Waals surface area contributed by atoms with E-state index in [-0.39, 0.29) is 17.9 Å². The highest BCUT2D eigenvalue weighted by Gasteiger charge is 2.25. The standard InChI is InChI=1S/C16H28N4O/c1-10-8-14(6-7-17-10)16(21)18-11(2)9-15-12(3)19-20(5)13(15)4/h10-11,14,17H,6-9H2,1-5H3,(H,18,21)/t10-,11?,14-/m0/s1. The molecule has 0 aliphatic carbocycles. The van der Waals surface area contributed by atoms with Crippen LogP contribution in [-0.2, 0) is 18.3 Å². The van der Waals surface area contributed by atoms with E-state index in [2.05, 4.69) is 36.5 Å². The van der Waals surface area contributed by atoms with Gasteiger partial charge in [0, 0.05) is 30.7 Å². The molecule has 0 saturated carbocycles. The lowest BCUT2D eigenvalue weighted by Gasteiger charge is -2.28. The molecular weight excluding hydrogens is 264 g/mol. The van der Waals surface area contributed by atoms with Gasteiger partial charge < -0.3 is 10.6 Å². The van der Waals surface area contributed by atoms with Crippen molar-refractivity contribution in [1.82, 2.24) is 20.4 Å². The van der Waals surface area contributed by atoms with E-state index in [1.54, 1.807) is 0 Å². The highest BCUT2D eigenvalue weighted by atomic mass is 16.1.